The number of hydrogen-bond donors (Lipinski definition) is 0. The molecular formula is C14H12BrN. The van der Waals surface area contributed by atoms with Crippen molar-refractivity contribution >= 4 is 27.8 Å². The zero-order valence-electron chi connectivity index (χ0n) is 9.02. The van der Waals surface area contributed by atoms with Crippen molar-refractivity contribution in [3.8, 4) is 0 Å². The van der Waals surface area contributed by atoms with Gasteiger partial charge in [-0.15, -0.1) is 0 Å². The molecule has 2 rings (SSSR count). The van der Waals surface area contributed by atoms with E-state index in [-0.39, 0.29) is 0 Å². The van der Waals surface area contributed by atoms with Crippen LogP contribution >= 0.6 is 15.9 Å². The summed E-state index contributed by atoms with van der Waals surface area (Å²) in [6.07, 6.45) is 1.87. The van der Waals surface area contributed by atoms with Crippen LogP contribution in [0.5, 0.6) is 0 Å². The number of rotatable bonds is 2. The van der Waals surface area contributed by atoms with Gasteiger partial charge in [0.2, 0.25) is 0 Å². The van der Waals surface area contributed by atoms with Crippen molar-refractivity contribution in [1.29, 1.82) is 0 Å². The highest BCUT2D eigenvalue weighted by Crippen LogP contribution is 2.24. The number of nitrogens with zero attached hydrogens (tertiary/aromatic N) is 1. The first-order valence-electron chi connectivity index (χ1n) is 5.11. The molecule has 2 aromatic carbocycles. The van der Waals surface area contributed by atoms with Gasteiger partial charge in [-0.25, -0.2) is 0 Å². The monoisotopic (exact) mass is 273 g/mol. The standard InChI is InChI=1S/C14H12BrN/c1-11-6-8-12(9-7-11)10-16-14-5-3-2-4-13(14)15/h2-10H,1H3/b16-10+. The fourth-order valence-corrected chi connectivity index (χ4v) is 1.74. The summed E-state index contributed by atoms with van der Waals surface area (Å²) in [6.45, 7) is 2.08. The molecule has 16 heavy (non-hydrogen) atoms. The maximum atomic E-state index is 4.43. The summed E-state index contributed by atoms with van der Waals surface area (Å²) in [5.41, 5.74) is 3.32. The minimum Gasteiger partial charge on any atom is -0.255 e. The normalized spacial score (nSPS) is 10.9. The average molecular weight is 274 g/mol. The minimum atomic E-state index is 0.947. The topological polar surface area (TPSA) is 12.4 Å². The molecule has 0 atom stereocenters. The Hall–Kier alpha value is -1.41. The summed E-state index contributed by atoms with van der Waals surface area (Å²) in [5.74, 6) is 0. The second-order valence-corrected chi connectivity index (χ2v) is 4.47. The molecule has 0 radical (unpaired) electrons. The van der Waals surface area contributed by atoms with Crippen molar-refractivity contribution < 1.29 is 0 Å². The zero-order valence-corrected chi connectivity index (χ0v) is 10.6. The molecule has 2 heteroatoms. The molecule has 2 aromatic rings. The lowest BCUT2D eigenvalue weighted by molar-refractivity contribution is 1.45. The summed E-state index contributed by atoms with van der Waals surface area (Å²) in [7, 11) is 0. The summed E-state index contributed by atoms with van der Waals surface area (Å²) < 4.78 is 1.01. The lowest BCUT2D eigenvalue weighted by Crippen LogP contribution is -1.80. The van der Waals surface area contributed by atoms with Crippen molar-refractivity contribution in [3.63, 3.8) is 0 Å². The molecule has 0 aliphatic carbocycles. The Morgan fingerprint density at radius 1 is 1.00 bits per heavy atom. The molecule has 0 unspecified atom stereocenters. The van der Waals surface area contributed by atoms with Gasteiger partial charge < -0.3 is 0 Å². The van der Waals surface area contributed by atoms with Gasteiger partial charge in [0.1, 0.15) is 0 Å². The van der Waals surface area contributed by atoms with Crippen molar-refractivity contribution in [2.24, 2.45) is 4.99 Å². The first kappa shape index (κ1) is 11.1. The third-order valence-corrected chi connectivity index (χ3v) is 2.95. The van der Waals surface area contributed by atoms with E-state index in [1.807, 2.05) is 30.5 Å². The van der Waals surface area contributed by atoms with Gasteiger partial charge in [-0.05, 0) is 40.5 Å². The quantitative estimate of drug-likeness (QED) is 0.714. The van der Waals surface area contributed by atoms with Gasteiger partial charge in [0.25, 0.3) is 0 Å². The van der Waals surface area contributed by atoms with E-state index in [0.29, 0.717) is 0 Å². The number of aryl methyl sites for hydroxylation is 1. The fraction of sp³-hybridized carbons (Fsp3) is 0.0714. The molecule has 80 valence electrons. The van der Waals surface area contributed by atoms with Crippen LogP contribution in [-0.2, 0) is 0 Å². The van der Waals surface area contributed by atoms with E-state index < -0.39 is 0 Å². The Kier molecular flexibility index (Phi) is 3.52. The lowest BCUT2D eigenvalue weighted by atomic mass is 10.2. The molecule has 1 nitrogen and oxygen atoms in total. The van der Waals surface area contributed by atoms with Crippen LogP contribution in [0.4, 0.5) is 5.69 Å². The van der Waals surface area contributed by atoms with E-state index in [1.54, 1.807) is 0 Å². The molecule has 0 N–H and O–H groups in total. The predicted molar refractivity (Wildman–Crippen MR) is 72.6 cm³/mol. The van der Waals surface area contributed by atoms with Gasteiger partial charge in [0, 0.05) is 10.7 Å². The van der Waals surface area contributed by atoms with Crippen molar-refractivity contribution in [3.05, 3.63) is 64.1 Å². The van der Waals surface area contributed by atoms with E-state index in [0.717, 1.165) is 15.7 Å². The van der Waals surface area contributed by atoms with Crippen LogP contribution in [0.1, 0.15) is 11.1 Å². The zero-order chi connectivity index (χ0) is 11.4. The molecule has 0 bridgehead atoms. The summed E-state index contributed by atoms with van der Waals surface area (Å²) in [4.78, 5) is 4.43. The number of hydrogen-bond acceptors (Lipinski definition) is 1. The number of aliphatic imine (C=N–C) groups is 1. The van der Waals surface area contributed by atoms with Crippen LogP contribution in [-0.4, -0.2) is 6.21 Å². The van der Waals surface area contributed by atoms with Crippen LogP contribution < -0.4 is 0 Å². The number of halogens is 1. The Labute approximate surface area is 104 Å². The molecular weight excluding hydrogens is 262 g/mol. The molecule has 0 aromatic heterocycles. The molecule has 0 heterocycles. The van der Waals surface area contributed by atoms with Gasteiger partial charge in [-0.3, -0.25) is 4.99 Å². The molecule has 0 fully saturated rings. The van der Waals surface area contributed by atoms with E-state index in [4.69, 9.17) is 0 Å². The summed E-state index contributed by atoms with van der Waals surface area (Å²) in [6, 6.07) is 16.2. The van der Waals surface area contributed by atoms with Crippen LogP contribution in [0.3, 0.4) is 0 Å². The third-order valence-electron chi connectivity index (χ3n) is 2.28. The van der Waals surface area contributed by atoms with E-state index in [1.165, 1.54) is 5.56 Å². The Morgan fingerprint density at radius 3 is 2.38 bits per heavy atom. The van der Waals surface area contributed by atoms with Crippen LogP contribution in [0, 0.1) is 6.92 Å². The predicted octanol–water partition coefficient (Wildman–Crippen LogP) is 4.51. The highest BCUT2D eigenvalue weighted by atomic mass is 79.9. The number of benzene rings is 2. The number of para-hydroxylation sites is 1. The van der Waals surface area contributed by atoms with Gasteiger partial charge in [0.15, 0.2) is 0 Å². The largest absolute Gasteiger partial charge is 0.255 e. The highest BCUT2D eigenvalue weighted by Gasteiger charge is 1.94. The summed E-state index contributed by atoms with van der Waals surface area (Å²) >= 11 is 3.47. The highest BCUT2D eigenvalue weighted by molar-refractivity contribution is 9.10. The minimum absolute atomic E-state index is 0.947. The first-order valence-corrected chi connectivity index (χ1v) is 5.90. The van der Waals surface area contributed by atoms with Gasteiger partial charge in [0.05, 0.1) is 5.69 Å². The Morgan fingerprint density at radius 2 is 1.69 bits per heavy atom. The maximum Gasteiger partial charge on any atom is 0.0771 e. The second kappa shape index (κ2) is 5.08. The summed E-state index contributed by atoms with van der Waals surface area (Å²) in [5, 5.41) is 0. The van der Waals surface area contributed by atoms with E-state index >= 15 is 0 Å². The average Bonchev–Trinajstić information content (AvgIpc) is 2.30. The van der Waals surface area contributed by atoms with Crippen LogP contribution in [0.15, 0.2) is 58.0 Å². The third kappa shape index (κ3) is 2.80. The molecule has 0 saturated heterocycles. The fourth-order valence-electron chi connectivity index (χ4n) is 1.35. The van der Waals surface area contributed by atoms with Crippen LogP contribution in [0.25, 0.3) is 0 Å². The maximum absolute atomic E-state index is 4.43. The Bertz CT molecular complexity index is 500. The molecule has 0 aliphatic heterocycles. The van der Waals surface area contributed by atoms with Crippen LogP contribution in [0.2, 0.25) is 0 Å². The molecule has 0 aliphatic rings. The van der Waals surface area contributed by atoms with E-state index in [9.17, 15) is 0 Å². The van der Waals surface area contributed by atoms with Gasteiger partial charge >= 0.3 is 0 Å². The first-order chi connectivity index (χ1) is 7.75. The lowest BCUT2D eigenvalue weighted by Gasteiger charge is -1.97. The Balaban J connectivity index is 2.21. The SMILES string of the molecule is Cc1ccc(/C=N/c2ccccc2Br)cc1. The van der Waals surface area contributed by atoms with E-state index in [2.05, 4.69) is 52.1 Å². The smallest absolute Gasteiger partial charge is 0.0771 e. The molecule has 0 saturated carbocycles. The van der Waals surface area contributed by atoms with Gasteiger partial charge in [-0.1, -0.05) is 42.0 Å². The van der Waals surface area contributed by atoms with Gasteiger partial charge in [-0.2, -0.15) is 0 Å². The van der Waals surface area contributed by atoms with Crippen molar-refractivity contribution in [1.82, 2.24) is 0 Å². The van der Waals surface area contributed by atoms with Crippen molar-refractivity contribution in [2.75, 3.05) is 0 Å². The molecule has 0 spiro atoms. The molecule has 0 amide bonds. The second-order valence-electron chi connectivity index (χ2n) is 3.62. The van der Waals surface area contributed by atoms with Crippen molar-refractivity contribution in [2.45, 2.75) is 6.92 Å².